The van der Waals surface area contributed by atoms with E-state index in [9.17, 15) is 10.1 Å². The van der Waals surface area contributed by atoms with Crippen molar-refractivity contribution in [3.63, 3.8) is 0 Å². The van der Waals surface area contributed by atoms with Crippen LogP contribution in [0.15, 0.2) is 30.3 Å². The average molecular weight is 350 g/mol. The van der Waals surface area contributed by atoms with Gasteiger partial charge < -0.3 is 15.0 Å². The lowest BCUT2D eigenvalue weighted by atomic mass is 10.2. The second-order valence-corrected chi connectivity index (χ2v) is 5.78. The number of morpholine rings is 1. The number of nitrogens with zero attached hydrogens (tertiary/aromatic N) is 4. The van der Waals surface area contributed by atoms with Crippen LogP contribution in [-0.4, -0.2) is 40.7 Å². The largest absolute Gasteiger partial charge is 0.377 e. The van der Waals surface area contributed by atoms with Gasteiger partial charge in [0.15, 0.2) is 0 Å². The first-order valence-corrected chi connectivity index (χ1v) is 7.82. The van der Waals surface area contributed by atoms with E-state index in [-0.39, 0.29) is 22.8 Å². The van der Waals surface area contributed by atoms with E-state index >= 15 is 0 Å². The summed E-state index contributed by atoms with van der Waals surface area (Å²) in [6.45, 7) is 3.94. The topological polar surface area (TPSA) is 93.4 Å². The summed E-state index contributed by atoms with van der Waals surface area (Å²) in [5.41, 5.74) is 0.258. The summed E-state index contributed by atoms with van der Waals surface area (Å²) in [6, 6.07) is 8.14. The molecule has 1 atom stereocenters. The lowest BCUT2D eigenvalue weighted by molar-refractivity contribution is -0.383. The van der Waals surface area contributed by atoms with E-state index in [1.165, 1.54) is 6.07 Å². The van der Waals surface area contributed by atoms with E-state index in [4.69, 9.17) is 16.3 Å². The number of rotatable bonds is 4. The molecule has 8 nitrogen and oxygen atoms in total. The Kier molecular flexibility index (Phi) is 4.77. The molecule has 1 aromatic heterocycles. The van der Waals surface area contributed by atoms with Crippen molar-refractivity contribution in [3.8, 4) is 0 Å². The molecule has 2 aromatic rings. The number of nitro benzene ring substituents is 1. The van der Waals surface area contributed by atoms with E-state index < -0.39 is 4.92 Å². The number of nitro groups is 1. The Labute approximate surface area is 143 Å². The smallest absolute Gasteiger partial charge is 0.292 e. The zero-order valence-corrected chi connectivity index (χ0v) is 13.7. The van der Waals surface area contributed by atoms with E-state index in [1.807, 2.05) is 6.92 Å². The molecule has 1 aliphatic heterocycles. The van der Waals surface area contributed by atoms with Gasteiger partial charge in [-0.25, -0.2) is 4.98 Å². The van der Waals surface area contributed by atoms with Crippen LogP contribution in [0.25, 0.3) is 0 Å². The summed E-state index contributed by atoms with van der Waals surface area (Å²) in [5.74, 6) is 0.873. The second-order valence-electron chi connectivity index (χ2n) is 5.39. The maximum absolute atomic E-state index is 11.1. The molecule has 9 heteroatoms. The van der Waals surface area contributed by atoms with Crippen LogP contribution in [-0.2, 0) is 4.74 Å². The molecule has 0 radical (unpaired) electrons. The van der Waals surface area contributed by atoms with Gasteiger partial charge in [0.1, 0.15) is 16.7 Å². The Morgan fingerprint density at radius 2 is 2.21 bits per heavy atom. The summed E-state index contributed by atoms with van der Waals surface area (Å²) < 4.78 is 5.42. The van der Waals surface area contributed by atoms with Gasteiger partial charge in [0.2, 0.25) is 5.95 Å². The molecular weight excluding hydrogens is 334 g/mol. The van der Waals surface area contributed by atoms with Gasteiger partial charge in [0, 0.05) is 18.7 Å². The Hall–Kier alpha value is -2.45. The molecule has 0 saturated carbocycles. The van der Waals surface area contributed by atoms with E-state index in [1.54, 1.807) is 24.3 Å². The van der Waals surface area contributed by atoms with Crippen molar-refractivity contribution in [2.45, 2.75) is 13.0 Å². The number of benzene rings is 1. The van der Waals surface area contributed by atoms with Crippen LogP contribution < -0.4 is 10.2 Å². The van der Waals surface area contributed by atoms with Crippen LogP contribution in [0.4, 0.5) is 23.1 Å². The van der Waals surface area contributed by atoms with Crippen molar-refractivity contribution < 1.29 is 9.66 Å². The van der Waals surface area contributed by atoms with Crippen molar-refractivity contribution >= 4 is 34.7 Å². The van der Waals surface area contributed by atoms with Gasteiger partial charge in [-0.2, -0.15) is 4.98 Å². The predicted molar refractivity (Wildman–Crippen MR) is 91.0 cm³/mol. The number of nitrogens with one attached hydrogen (secondary N) is 1. The molecule has 0 unspecified atom stereocenters. The molecule has 1 aromatic carbocycles. The number of halogens is 1. The fourth-order valence-corrected chi connectivity index (χ4v) is 2.71. The molecule has 1 fully saturated rings. The average Bonchev–Trinajstić information content (AvgIpc) is 2.55. The highest BCUT2D eigenvalue weighted by Gasteiger charge is 2.22. The van der Waals surface area contributed by atoms with Gasteiger partial charge in [-0.15, -0.1) is 0 Å². The third-order valence-electron chi connectivity index (χ3n) is 3.69. The monoisotopic (exact) mass is 349 g/mol. The second kappa shape index (κ2) is 6.98. The third-order valence-corrected chi connectivity index (χ3v) is 3.88. The van der Waals surface area contributed by atoms with Gasteiger partial charge in [-0.3, -0.25) is 10.1 Å². The highest BCUT2D eigenvalue weighted by atomic mass is 35.5. The maximum atomic E-state index is 11.1. The molecule has 0 spiro atoms. The minimum Gasteiger partial charge on any atom is -0.377 e. The number of ether oxygens (including phenoxy) is 1. The number of anilines is 3. The number of para-hydroxylation sites is 2. The molecule has 1 saturated heterocycles. The lowest BCUT2D eigenvalue weighted by Gasteiger charge is -2.34. The fraction of sp³-hybridized carbons (Fsp3) is 0.333. The molecule has 126 valence electrons. The van der Waals surface area contributed by atoms with E-state index in [2.05, 4.69) is 20.2 Å². The molecule has 0 bridgehead atoms. The lowest BCUT2D eigenvalue weighted by Crippen LogP contribution is -2.44. The van der Waals surface area contributed by atoms with Crippen molar-refractivity contribution in [1.29, 1.82) is 0 Å². The third kappa shape index (κ3) is 3.55. The van der Waals surface area contributed by atoms with Crippen molar-refractivity contribution in [1.82, 2.24) is 9.97 Å². The zero-order chi connectivity index (χ0) is 17.1. The summed E-state index contributed by atoms with van der Waals surface area (Å²) in [4.78, 5) is 21.3. The molecule has 1 N–H and O–H groups in total. The normalized spacial score (nSPS) is 17.6. The maximum Gasteiger partial charge on any atom is 0.292 e. The summed E-state index contributed by atoms with van der Waals surface area (Å²) in [6.07, 6.45) is 0. The molecule has 3 rings (SSSR count). The minimum atomic E-state index is -0.460. The summed E-state index contributed by atoms with van der Waals surface area (Å²) in [7, 11) is 0. The van der Waals surface area contributed by atoms with Crippen LogP contribution in [0.5, 0.6) is 0 Å². The van der Waals surface area contributed by atoms with Crippen molar-refractivity contribution in [2.24, 2.45) is 0 Å². The molecular formula is C15H16ClN5O3. The Morgan fingerprint density at radius 3 is 2.96 bits per heavy atom. The fourth-order valence-electron chi connectivity index (χ4n) is 2.54. The van der Waals surface area contributed by atoms with Gasteiger partial charge in [-0.05, 0) is 13.0 Å². The molecule has 1 aliphatic rings. The van der Waals surface area contributed by atoms with Crippen LogP contribution in [0, 0.1) is 10.1 Å². The predicted octanol–water partition coefficient (Wildman–Crippen LogP) is 3.01. The molecule has 24 heavy (non-hydrogen) atoms. The standard InChI is InChI=1S/C15H16ClN5O3/c1-10-9-24-7-6-20(10)14-8-13(16)18-15(19-14)17-11-4-2-3-5-12(11)21(22)23/h2-5,8,10H,6-7,9H2,1H3,(H,17,18,19)/t10-/m1/s1. The summed E-state index contributed by atoms with van der Waals surface area (Å²) in [5, 5.41) is 14.3. The first-order chi connectivity index (χ1) is 11.5. The van der Waals surface area contributed by atoms with Gasteiger partial charge >= 0.3 is 0 Å². The Balaban J connectivity index is 1.91. The molecule has 0 aliphatic carbocycles. The summed E-state index contributed by atoms with van der Waals surface area (Å²) >= 11 is 6.10. The van der Waals surface area contributed by atoms with Crippen LogP contribution >= 0.6 is 11.6 Å². The SMILES string of the molecule is C[C@@H]1COCCN1c1cc(Cl)nc(Nc2ccccc2[N+](=O)[O-])n1. The van der Waals surface area contributed by atoms with E-state index in [0.717, 1.165) is 0 Å². The molecule has 0 amide bonds. The van der Waals surface area contributed by atoms with Crippen molar-refractivity contribution in [2.75, 3.05) is 30.0 Å². The first kappa shape index (κ1) is 16.4. The zero-order valence-electron chi connectivity index (χ0n) is 13.0. The van der Waals surface area contributed by atoms with Gasteiger partial charge in [-0.1, -0.05) is 23.7 Å². The number of hydrogen-bond acceptors (Lipinski definition) is 7. The highest BCUT2D eigenvalue weighted by Crippen LogP contribution is 2.28. The van der Waals surface area contributed by atoms with Crippen molar-refractivity contribution in [3.05, 3.63) is 45.6 Å². The highest BCUT2D eigenvalue weighted by molar-refractivity contribution is 6.29. The Bertz CT molecular complexity index is 758. The minimum absolute atomic E-state index is 0.0534. The first-order valence-electron chi connectivity index (χ1n) is 7.44. The number of aromatic nitrogens is 2. The van der Waals surface area contributed by atoms with Crippen LogP contribution in [0.3, 0.4) is 0 Å². The molecule has 2 heterocycles. The van der Waals surface area contributed by atoms with Crippen LogP contribution in [0.2, 0.25) is 5.15 Å². The number of hydrogen-bond donors (Lipinski definition) is 1. The van der Waals surface area contributed by atoms with Gasteiger partial charge in [0.05, 0.1) is 24.2 Å². The van der Waals surface area contributed by atoms with Crippen LogP contribution in [0.1, 0.15) is 6.92 Å². The van der Waals surface area contributed by atoms with E-state index in [0.29, 0.717) is 31.3 Å². The Morgan fingerprint density at radius 1 is 1.42 bits per heavy atom. The van der Waals surface area contributed by atoms with Gasteiger partial charge in [0.25, 0.3) is 5.69 Å². The quantitative estimate of drug-likeness (QED) is 0.515.